The minimum absolute atomic E-state index is 0.165. The van der Waals surface area contributed by atoms with Crippen molar-refractivity contribution in [3.8, 4) is 23.0 Å². The van der Waals surface area contributed by atoms with Gasteiger partial charge < -0.3 is 29.2 Å². The summed E-state index contributed by atoms with van der Waals surface area (Å²) in [4.78, 5) is 24.7. The van der Waals surface area contributed by atoms with Crippen LogP contribution in [0.5, 0.6) is 23.0 Å². The van der Waals surface area contributed by atoms with E-state index in [1.807, 2.05) is 41.5 Å². The number of carbonyl (C=O) groups excluding carboxylic acids is 2. The molecule has 4 rings (SSSR count). The van der Waals surface area contributed by atoms with Crippen LogP contribution in [0.1, 0.15) is 135 Å². The summed E-state index contributed by atoms with van der Waals surface area (Å²) in [5, 5.41) is 20.8. The van der Waals surface area contributed by atoms with Crippen molar-refractivity contribution in [2.45, 2.75) is 156 Å². The monoisotopic (exact) mass is 666 g/mol. The summed E-state index contributed by atoms with van der Waals surface area (Å²) < 4.78 is 24.0. The minimum atomic E-state index is -0.404. The van der Waals surface area contributed by atoms with E-state index in [0.717, 1.165) is 120 Å². The third kappa shape index (κ3) is 8.78. The van der Waals surface area contributed by atoms with E-state index in [0.29, 0.717) is 50.4 Å². The predicted molar refractivity (Wildman–Crippen MR) is 187 cm³/mol. The lowest BCUT2D eigenvalue weighted by Crippen LogP contribution is -2.38. The maximum absolute atomic E-state index is 12.3. The number of hydrogen-bond donors (Lipinski definition) is 2. The fourth-order valence-corrected chi connectivity index (χ4v) is 7.09. The second kappa shape index (κ2) is 15.9. The van der Waals surface area contributed by atoms with Gasteiger partial charge in [-0.05, 0) is 127 Å². The highest BCUT2D eigenvalue weighted by atomic mass is 16.5. The number of ether oxygens (including phenoxy) is 4. The number of aromatic hydroxyl groups is 2. The van der Waals surface area contributed by atoms with Crippen LogP contribution in [0.4, 0.5) is 0 Å². The van der Waals surface area contributed by atoms with Gasteiger partial charge in [0.05, 0.1) is 13.2 Å². The van der Waals surface area contributed by atoms with Crippen LogP contribution in [0.2, 0.25) is 0 Å². The maximum atomic E-state index is 12.3. The van der Waals surface area contributed by atoms with Crippen molar-refractivity contribution >= 4 is 11.9 Å². The lowest BCUT2D eigenvalue weighted by Gasteiger charge is -2.38. The second-order valence-electron chi connectivity index (χ2n) is 14.7. The molecule has 2 aliphatic rings. The zero-order valence-corrected chi connectivity index (χ0v) is 30.7. The van der Waals surface area contributed by atoms with Gasteiger partial charge in [-0.15, -0.1) is 0 Å². The van der Waals surface area contributed by atoms with Crippen LogP contribution in [-0.2, 0) is 31.9 Å². The Kier molecular flexibility index (Phi) is 12.4. The number of hydrogen-bond acceptors (Lipinski definition) is 8. The van der Waals surface area contributed by atoms with Crippen LogP contribution in [0, 0.1) is 41.5 Å². The molecular weight excluding hydrogens is 608 g/mol. The zero-order chi connectivity index (χ0) is 35.2. The number of phenolic OH excluding ortho intramolecular Hbond substituents is 2. The molecule has 266 valence electrons. The molecule has 2 atom stereocenters. The molecule has 0 spiro atoms. The molecule has 2 heterocycles. The Morgan fingerprint density at radius 2 is 0.938 bits per heavy atom. The summed E-state index contributed by atoms with van der Waals surface area (Å²) in [6.45, 7) is 16.5. The molecule has 2 aliphatic heterocycles. The van der Waals surface area contributed by atoms with Crippen molar-refractivity contribution in [1.29, 1.82) is 0 Å². The summed E-state index contributed by atoms with van der Waals surface area (Å²) >= 11 is 0. The van der Waals surface area contributed by atoms with Crippen LogP contribution in [0.25, 0.3) is 0 Å². The first-order valence-corrected chi connectivity index (χ1v) is 18.0. The van der Waals surface area contributed by atoms with Gasteiger partial charge in [0.2, 0.25) is 0 Å². The van der Waals surface area contributed by atoms with Crippen molar-refractivity contribution in [2.75, 3.05) is 13.2 Å². The van der Waals surface area contributed by atoms with Gasteiger partial charge in [0.15, 0.2) is 0 Å². The van der Waals surface area contributed by atoms with Gasteiger partial charge in [0, 0.05) is 36.8 Å². The Morgan fingerprint density at radius 1 is 0.583 bits per heavy atom. The van der Waals surface area contributed by atoms with Crippen LogP contribution in [-0.4, -0.2) is 46.6 Å². The number of benzene rings is 2. The summed E-state index contributed by atoms with van der Waals surface area (Å²) in [5.74, 6) is 2.12. The smallest absolute Gasteiger partial charge is 0.305 e. The number of esters is 2. The number of fused-ring (bicyclic) bond motifs is 2. The number of phenols is 2. The molecule has 0 fully saturated rings. The van der Waals surface area contributed by atoms with Crippen LogP contribution >= 0.6 is 0 Å². The quantitative estimate of drug-likeness (QED) is 0.143. The summed E-state index contributed by atoms with van der Waals surface area (Å²) in [6.07, 6.45) is 11.0. The van der Waals surface area contributed by atoms with Gasteiger partial charge >= 0.3 is 11.9 Å². The van der Waals surface area contributed by atoms with Gasteiger partial charge in [-0.1, -0.05) is 25.7 Å². The molecule has 8 nitrogen and oxygen atoms in total. The molecular formula is C40H58O8. The topological polar surface area (TPSA) is 112 Å². The molecule has 2 unspecified atom stereocenters. The van der Waals surface area contributed by atoms with E-state index < -0.39 is 11.2 Å². The maximum Gasteiger partial charge on any atom is 0.305 e. The standard InChI is InChI=1S/C40H58O8/c1-25-27(3)37-31(29(5)35(25)43)17-19-39(7,47-37)21-23-45-33(41)15-13-11-9-10-12-14-16-34(42)46-24-22-40(8)20-18-32-30(6)36(44)26(2)28(4)38(32)48-40/h43-44H,9-24H2,1-8H3. The molecule has 0 aliphatic carbocycles. The van der Waals surface area contributed by atoms with Gasteiger partial charge in [0.1, 0.15) is 34.2 Å². The molecule has 0 saturated heterocycles. The SMILES string of the molecule is Cc1c(C)c2c(c(C)c1O)CCC(C)(CCOC(=O)CCCCCCCCC(=O)OCCC1(C)CCc3c(C)c(O)c(C)c(C)c3O1)O2. The highest BCUT2D eigenvalue weighted by Gasteiger charge is 2.36. The van der Waals surface area contributed by atoms with E-state index in [4.69, 9.17) is 18.9 Å². The largest absolute Gasteiger partial charge is 0.507 e. The third-order valence-corrected chi connectivity index (χ3v) is 11.0. The van der Waals surface area contributed by atoms with E-state index in [1.54, 1.807) is 0 Å². The molecule has 2 aromatic rings. The van der Waals surface area contributed by atoms with Crippen molar-refractivity contribution < 1.29 is 38.7 Å². The molecule has 0 amide bonds. The minimum Gasteiger partial charge on any atom is -0.507 e. The van der Waals surface area contributed by atoms with Crippen LogP contribution in [0.15, 0.2) is 0 Å². The normalized spacial score (nSPS) is 19.9. The Morgan fingerprint density at radius 3 is 1.31 bits per heavy atom. The number of rotatable bonds is 15. The highest BCUT2D eigenvalue weighted by molar-refractivity contribution is 5.69. The molecule has 0 bridgehead atoms. The first kappa shape index (κ1) is 37.4. The molecule has 2 aromatic carbocycles. The first-order chi connectivity index (χ1) is 22.7. The molecule has 0 radical (unpaired) electrons. The van der Waals surface area contributed by atoms with Gasteiger partial charge in [0.25, 0.3) is 0 Å². The molecule has 0 aromatic heterocycles. The fraction of sp³-hybridized carbons (Fsp3) is 0.650. The summed E-state index contributed by atoms with van der Waals surface area (Å²) in [7, 11) is 0. The summed E-state index contributed by atoms with van der Waals surface area (Å²) in [6, 6.07) is 0. The van der Waals surface area contributed by atoms with Crippen molar-refractivity contribution in [3.05, 3.63) is 44.5 Å². The molecule has 0 saturated carbocycles. The van der Waals surface area contributed by atoms with Crippen molar-refractivity contribution in [3.63, 3.8) is 0 Å². The Balaban J connectivity index is 1.03. The van der Waals surface area contributed by atoms with Crippen LogP contribution in [0.3, 0.4) is 0 Å². The van der Waals surface area contributed by atoms with Gasteiger partial charge in [-0.3, -0.25) is 9.59 Å². The van der Waals surface area contributed by atoms with Crippen LogP contribution < -0.4 is 9.47 Å². The Bertz CT molecular complexity index is 1380. The van der Waals surface area contributed by atoms with E-state index in [9.17, 15) is 19.8 Å². The zero-order valence-electron chi connectivity index (χ0n) is 30.7. The van der Waals surface area contributed by atoms with E-state index >= 15 is 0 Å². The van der Waals surface area contributed by atoms with Crippen molar-refractivity contribution in [2.24, 2.45) is 0 Å². The fourth-order valence-electron chi connectivity index (χ4n) is 7.09. The third-order valence-electron chi connectivity index (χ3n) is 11.0. The summed E-state index contributed by atoms with van der Waals surface area (Å²) in [5.41, 5.74) is 6.80. The lowest BCUT2D eigenvalue weighted by molar-refractivity contribution is -0.146. The Hall–Kier alpha value is -3.42. The average Bonchev–Trinajstić information content (AvgIpc) is 3.05. The van der Waals surface area contributed by atoms with Gasteiger partial charge in [-0.25, -0.2) is 0 Å². The average molecular weight is 667 g/mol. The number of carbonyl (C=O) groups is 2. The predicted octanol–water partition coefficient (Wildman–Crippen LogP) is 8.80. The molecule has 48 heavy (non-hydrogen) atoms. The molecule has 2 N–H and O–H groups in total. The van der Waals surface area contributed by atoms with Gasteiger partial charge in [-0.2, -0.15) is 0 Å². The van der Waals surface area contributed by atoms with E-state index in [-0.39, 0.29) is 11.9 Å². The van der Waals surface area contributed by atoms with Crippen molar-refractivity contribution in [1.82, 2.24) is 0 Å². The Labute approximate surface area is 287 Å². The highest BCUT2D eigenvalue weighted by Crippen LogP contribution is 2.45. The second-order valence-corrected chi connectivity index (χ2v) is 14.7. The number of unbranched alkanes of at least 4 members (excludes halogenated alkanes) is 5. The first-order valence-electron chi connectivity index (χ1n) is 18.0. The van der Waals surface area contributed by atoms with E-state index in [2.05, 4.69) is 13.8 Å². The van der Waals surface area contributed by atoms with E-state index in [1.165, 1.54) is 0 Å². The molecule has 8 heteroatoms. The lowest BCUT2D eigenvalue weighted by atomic mass is 9.86.